The molecule has 30 heavy (non-hydrogen) atoms. The van der Waals surface area contributed by atoms with Gasteiger partial charge in [-0.3, -0.25) is 9.69 Å². The van der Waals surface area contributed by atoms with Crippen LogP contribution in [0.2, 0.25) is 0 Å². The molecule has 6 heteroatoms. The zero-order valence-electron chi connectivity index (χ0n) is 17.1. The van der Waals surface area contributed by atoms with E-state index in [-0.39, 0.29) is 5.91 Å². The number of amides is 1. The fourth-order valence-electron chi connectivity index (χ4n) is 3.19. The molecule has 0 radical (unpaired) electrons. The van der Waals surface area contributed by atoms with E-state index in [9.17, 15) is 4.79 Å². The number of carbonyl (C=O) groups excluding carboxylic acids is 1. The van der Waals surface area contributed by atoms with Crippen LogP contribution < -0.4 is 9.64 Å². The minimum Gasteiger partial charge on any atom is -0.494 e. The average molecular weight is 505 g/mol. The van der Waals surface area contributed by atoms with Gasteiger partial charge in [-0.2, -0.15) is 0 Å². The summed E-state index contributed by atoms with van der Waals surface area (Å²) in [7, 11) is 0. The predicted octanol–water partition coefficient (Wildman–Crippen LogP) is 7.59. The van der Waals surface area contributed by atoms with Crippen molar-refractivity contribution < 1.29 is 9.53 Å². The maximum atomic E-state index is 12.9. The van der Waals surface area contributed by atoms with E-state index in [0.717, 1.165) is 34.5 Å². The van der Waals surface area contributed by atoms with Crippen molar-refractivity contribution in [3.05, 3.63) is 63.5 Å². The summed E-state index contributed by atoms with van der Waals surface area (Å²) < 4.78 is 7.22. The summed E-state index contributed by atoms with van der Waals surface area (Å²) in [6.07, 6.45) is 9.39. The van der Waals surface area contributed by atoms with E-state index in [0.29, 0.717) is 9.23 Å². The van der Waals surface area contributed by atoms with E-state index >= 15 is 0 Å². The Balaban J connectivity index is 1.56. The molecule has 2 aromatic carbocycles. The van der Waals surface area contributed by atoms with Crippen molar-refractivity contribution in [3.8, 4) is 5.75 Å². The Kier molecular flexibility index (Phi) is 8.97. The Labute approximate surface area is 197 Å². The first kappa shape index (κ1) is 23.0. The third-order valence-electron chi connectivity index (χ3n) is 4.83. The lowest BCUT2D eigenvalue weighted by Gasteiger charge is -2.15. The maximum Gasteiger partial charge on any atom is 0.270 e. The van der Waals surface area contributed by atoms with Gasteiger partial charge >= 0.3 is 0 Å². The zero-order valence-corrected chi connectivity index (χ0v) is 20.3. The molecule has 1 aliphatic rings. The molecule has 0 unspecified atom stereocenters. The molecule has 1 amide bonds. The van der Waals surface area contributed by atoms with Crippen LogP contribution >= 0.6 is 39.9 Å². The van der Waals surface area contributed by atoms with Crippen molar-refractivity contribution in [1.29, 1.82) is 0 Å². The smallest absolute Gasteiger partial charge is 0.270 e. The first-order chi connectivity index (χ1) is 14.6. The molecule has 0 atom stereocenters. The molecule has 0 N–H and O–H groups in total. The van der Waals surface area contributed by atoms with Crippen molar-refractivity contribution in [2.45, 2.75) is 45.4 Å². The van der Waals surface area contributed by atoms with E-state index in [2.05, 4.69) is 22.9 Å². The van der Waals surface area contributed by atoms with Crippen molar-refractivity contribution in [2.75, 3.05) is 11.5 Å². The minimum atomic E-state index is -0.0969. The van der Waals surface area contributed by atoms with Crippen LogP contribution in [0.3, 0.4) is 0 Å². The van der Waals surface area contributed by atoms with Gasteiger partial charge in [-0.1, -0.05) is 87.3 Å². The monoisotopic (exact) mass is 503 g/mol. The van der Waals surface area contributed by atoms with Crippen LogP contribution in [0.15, 0.2) is 57.9 Å². The molecule has 1 heterocycles. The summed E-state index contributed by atoms with van der Waals surface area (Å²) in [5.74, 6) is 0.766. The van der Waals surface area contributed by atoms with Crippen molar-refractivity contribution in [3.63, 3.8) is 0 Å². The molecule has 0 aliphatic carbocycles. The number of carbonyl (C=O) groups is 1. The number of hydrogen-bond acceptors (Lipinski definition) is 4. The third-order valence-corrected chi connectivity index (χ3v) is 6.80. The van der Waals surface area contributed by atoms with E-state index < -0.39 is 0 Å². The van der Waals surface area contributed by atoms with Gasteiger partial charge in [-0.25, -0.2) is 0 Å². The summed E-state index contributed by atoms with van der Waals surface area (Å²) in [5.41, 5.74) is 1.72. The number of thiocarbonyl (C=S) groups is 1. The Morgan fingerprint density at radius 3 is 2.47 bits per heavy atom. The van der Waals surface area contributed by atoms with Gasteiger partial charge < -0.3 is 4.74 Å². The van der Waals surface area contributed by atoms with Crippen LogP contribution in [0.5, 0.6) is 5.75 Å². The highest BCUT2D eigenvalue weighted by atomic mass is 79.9. The van der Waals surface area contributed by atoms with Crippen LogP contribution in [0.4, 0.5) is 5.69 Å². The van der Waals surface area contributed by atoms with Crippen LogP contribution in [0.25, 0.3) is 6.08 Å². The first-order valence-electron chi connectivity index (χ1n) is 10.4. The van der Waals surface area contributed by atoms with Gasteiger partial charge in [0.05, 0.1) is 17.2 Å². The molecule has 3 nitrogen and oxygen atoms in total. The number of rotatable bonds is 10. The summed E-state index contributed by atoms with van der Waals surface area (Å²) >= 11 is 10.3. The van der Waals surface area contributed by atoms with Crippen LogP contribution in [-0.4, -0.2) is 16.8 Å². The summed E-state index contributed by atoms with van der Waals surface area (Å²) in [6.45, 7) is 2.98. The molecule has 0 bridgehead atoms. The van der Waals surface area contributed by atoms with Crippen LogP contribution in [0.1, 0.15) is 51.0 Å². The number of thioether (sulfide) groups is 1. The highest BCUT2D eigenvalue weighted by Crippen LogP contribution is 2.38. The molecular formula is C24H26BrNO2S2. The molecular weight excluding hydrogens is 478 g/mol. The van der Waals surface area contributed by atoms with Crippen LogP contribution in [0, 0.1) is 0 Å². The summed E-state index contributed by atoms with van der Waals surface area (Å²) in [6, 6.07) is 15.5. The Bertz CT molecular complexity index is 912. The lowest BCUT2D eigenvalue weighted by atomic mass is 10.1. The zero-order chi connectivity index (χ0) is 21.3. The average Bonchev–Trinajstić information content (AvgIpc) is 3.02. The molecule has 1 saturated heterocycles. The molecule has 1 aliphatic heterocycles. The second-order valence-corrected chi connectivity index (χ2v) is 9.68. The quantitative estimate of drug-likeness (QED) is 0.189. The number of ether oxygens (including phenoxy) is 1. The van der Waals surface area contributed by atoms with Gasteiger partial charge in [-0.05, 0) is 58.3 Å². The molecule has 1 fully saturated rings. The van der Waals surface area contributed by atoms with Gasteiger partial charge in [0.25, 0.3) is 5.91 Å². The summed E-state index contributed by atoms with van der Waals surface area (Å²) in [5, 5.41) is 0. The highest BCUT2D eigenvalue weighted by Gasteiger charge is 2.34. The SMILES string of the molecule is CCCCCCCCOc1ccc(C=C2SC(=S)N(c3ccccc3Br)C2=O)cc1. The number of para-hydroxylation sites is 1. The normalized spacial score (nSPS) is 15.3. The first-order valence-corrected chi connectivity index (χ1v) is 12.4. The van der Waals surface area contributed by atoms with E-state index in [1.165, 1.54) is 43.9 Å². The van der Waals surface area contributed by atoms with Gasteiger partial charge in [0, 0.05) is 4.47 Å². The Morgan fingerprint density at radius 2 is 1.73 bits per heavy atom. The second-order valence-electron chi connectivity index (χ2n) is 7.15. The number of benzene rings is 2. The molecule has 2 aromatic rings. The lowest BCUT2D eigenvalue weighted by molar-refractivity contribution is -0.113. The largest absolute Gasteiger partial charge is 0.494 e. The minimum absolute atomic E-state index is 0.0969. The number of halogens is 1. The fraction of sp³-hybridized carbons (Fsp3) is 0.333. The number of nitrogens with zero attached hydrogens (tertiary/aromatic N) is 1. The predicted molar refractivity (Wildman–Crippen MR) is 135 cm³/mol. The van der Waals surface area contributed by atoms with Gasteiger partial charge in [0.2, 0.25) is 0 Å². The van der Waals surface area contributed by atoms with Gasteiger partial charge in [0.15, 0.2) is 4.32 Å². The van der Waals surface area contributed by atoms with E-state index in [1.807, 2.05) is 54.6 Å². The van der Waals surface area contributed by atoms with E-state index in [1.54, 1.807) is 4.90 Å². The van der Waals surface area contributed by atoms with Crippen LogP contribution in [-0.2, 0) is 4.79 Å². The van der Waals surface area contributed by atoms with E-state index in [4.69, 9.17) is 17.0 Å². The second kappa shape index (κ2) is 11.7. The topological polar surface area (TPSA) is 29.5 Å². The number of unbranched alkanes of at least 4 members (excludes halogenated alkanes) is 5. The standard InChI is InChI=1S/C24H26BrNO2S2/c1-2-3-4-5-6-9-16-28-19-14-12-18(13-15-19)17-22-23(27)26(24(29)30-22)21-11-8-7-10-20(21)25/h7-8,10-15,17H,2-6,9,16H2,1H3. The van der Waals surface area contributed by atoms with Gasteiger partial charge in [0.1, 0.15) is 5.75 Å². The van der Waals surface area contributed by atoms with Crippen molar-refractivity contribution in [1.82, 2.24) is 0 Å². The molecule has 0 spiro atoms. The Hall–Kier alpha value is -1.63. The molecule has 3 rings (SSSR count). The summed E-state index contributed by atoms with van der Waals surface area (Å²) in [4.78, 5) is 15.1. The Morgan fingerprint density at radius 1 is 1.03 bits per heavy atom. The maximum absolute atomic E-state index is 12.9. The third kappa shape index (κ3) is 6.19. The molecule has 158 valence electrons. The van der Waals surface area contributed by atoms with Gasteiger partial charge in [-0.15, -0.1) is 0 Å². The van der Waals surface area contributed by atoms with Crippen molar-refractivity contribution in [2.24, 2.45) is 0 Å². The number of hydrogen-bond donors (Lipinski definition) is 0. The number of anilines is 1. The molecule has 0 saturated carbocycles. The molecule has 0 aromatic heterocycles. The lowest BCUT2D eigenvalue weighted by Crippen LogP contribution is -2.27. The fourth-order valence-corrected chi connectivity index (χ4v) is 4.94. The van der Waals surface area contributed by atoms with Crippen molar-refractivity contribution >= 4 is 61.9 Å². The highest BCUT2D eigenvalue weighted by molar-refractivity contribution is 9.10.